The number of rotatable bonds is 2. The second-order valence-electron chi connectivity index (χ2n) is 2.22. The van der Waals surface area contributed by atoms with Crippen LogP contribution in [0.5, 0.6) is 0 Å². The van der Waals surface area contributed by atoms with Gasteiger partial charge >= 0.3 is 16.5 Å². The molecule has 0 amide bonds. The first-order valence-corrected chi connectivity index (χ1v) is 3.22. The number of carbonyl (C=O) groups is 2. The summed E-state index contributed by atoms with van der Waals surface area (Å²) in [5.41, 5.74) is 9.55. The molecule has 0 bridgehead atoms. The molecule has 0 unspecified atom stereocenters. The number of carboxylic acid groups (broad SMARTS) is 2. The molecular formula is C6H12N2NiO4. The average molecular weight is 235 g/mol. The van der Waals surface area contributed by atoms with Crippen LogP contribution in [-0.2, 0) is 26.1 Å². The quantitative estimate of drug-likeness (QED) is 0.471. The second kappa shape index (κ2) is 9.44. The van der Waals surface area contributed by atoms with Gasteiger partial charge in [0.2, 0.25) is 0 Å². The van der Waals surface area contributed by atoms with E-state index in [2.05, 4.69) is 0 Å². The third-order valence-corrected chi connectivity index (χ3v) is 0.744. The Bertz CT molecular complexity index is 143. The van der Waals surface area contributed by atoms with Gasteiger partial charge in [-0.2, -0.15) is 0 Å². The minimum atomic E-state index is -1.21. The molecule has 0 fully saturated rings. The maximum Gasteiger partial charge on any atom is 2.00 e. The fraction of sp³-hybridized carbons (Fsp3) is 0.667. The van der Waals surface area contributed by atoms with Gasteiger partial charge in [0.15, 0.2) is 0 Å². The standard InChI is InChI=1S/2C3H7NO2.Ni/c2*1-2(4)3(5)6;/h2*2H,4H2,1H3,(H,5,6);/q;;+2/p-2/t2*2-;/m00./s1. The van der Waals surface area contributed by atoms with Gasteiger partial charge in [0.05, 0.1) is 11.9 Å². The molecule has 0 aliphatic heterocycles. The van der Waals surface area contributed by atoms with Crippen LogP contribution in [0.3, 0.4) is 0 Å². The molecule has 0 aliphatic rings. The van der Waals surface area contributed by atoms with Crippen LogP contribution in [-0.4, -0.2) is 24.0 Å². The molecule has 0 aromatic carbocycles. The van der Waals surface area contributed by atoms with E-state index in [9.17, 15) is 19.8 Å². The van der Waals surface area contributed by atoms with Crippen LogP contribution >= 0.6 is 0 Å². The number of carboxylic acids is 2. The van der Waals surface area contributed by atoms with Gasteiger partial charge in [-0.05, 0) is 13.8 Å². The molecule has 0 aromatic rings. The fourth-order valence-electron chi connectivity index (χ4n) is 0. The van der Waals surface area contributed by atoms with Crippen LogP contribution in [0.2, 0.25) is 0 Å². The van der Waals surface area contributed by atoms with E-state index in [-0.39, 0.29) is 16.5 Å². The molecule has 0 aromatic heterocycles. The first-order chi connectivity index (χ1) is 5.29. The third-order valence-electron chi connectivity index (χ3n) is 0.744. The Morgan fingerprint density at radius 1 is 1.00 bits per heavy atom. The maximum absolute atomic E-state index is 9.46. The summed E-state index contributed by atoms with van der Waals surface area (Å²) >= 11 is 0. The smallest absolute Gasteiger partial charge is 0.548 e. The van der Waals surface area contributed by atoms with Crippen molar-refractivity contribution in [2.75, 3.05) is 0 Å². The molecular weight excluding hydrogens is 223 g/mol. The summed E-state index contributed by atoms with van der Waals surface area (Å²) in [6.45, 7) is 2.71. The first-order valence-electron chi connectivity index (χ1n) is 3.22. The van der Waals surface area contributed by atoms with Crippen LogP contribution in [0.1, 0.15) is 13.8 Å². The van der Waals surface area contributed by atoms with Crippen molar-refractivity contribution >= 4 is 11.9 Å². The van der Waals surface area contributed by atoms with Crippen molar-refractivity contribution in [3.8, 4) is 0 Å². The summed E-state index contributed by atoms with van der Waals surface area (Å²) in [4.78, 5) is 18.9. The topological polar surface area (TPSA) is 132 Å². The zero-order valence-electron chi connectivity index (χ0n) is 7.26. The summed E-state index contributed by atoms with van der Waals surface area (Å²) in [6, 6.07) is -1.69. The summed E-state index contributed by atoms with van der Waals surface area (Å²) in [5, 5.41) is 18.9. The monoisotopic (exact) mass is 234 g/mol. The molecule has 4 N–H and O–H groups in total. The number of aliphatic carboxylic acids is 2. The fourth-order valence-corrected chi connectivity index (χ4v) is 0. The predicted molar refractivity (Wildman–Crippen MR) is 37.3 cm³/mol. The Hall–Kier alpha value is -0.646. The SMILES string of the molecule is C[C@H](N)C(=O)[O-].C[C@H](N)C(=O)[O-].[Ni+2]. The molecule has 0 radical (unpaired) electrons. The minimum Gasteiger partial charge on any atom is -0.548 e. The van der Waals surface area contributed by atoms with Gasteiger partial charge in [-0.1, -0.05) is 0 Å². The maximum atomic E-state index is 9.46. The Morgan fingerprint density at radius 3 is 1.08 bits per heavy atom. The Kier molecular flexibility index (Phi) is 13.2. The van der Waals surface area contributed by atoms with Gasteiger partial charge in [0, 0.05) is 12.1 Å². The molecule has 0 heterocycles. The number of hydrogen-bond donors (Lipinski definition) is 2. The number of carbonyl (C=O) groups excluding carboxylic acids is 2. The zero-order chi connectivity index (χ0) is 10.3. The van der Waals surface area contributed by atoms with Crippen molar-refractivity contribution in [2.45, 2.75) is 25.9 Å². The van der Waals surface area contributed by atoms with Gasteiger partial charge in [-0.3, -0.25) is 0 Å². The molecule has 0 rings (SSSR count). The van der Waals surface area contributed by atoms with Crippen molar-refractivity contribution in [1.29, 1.82) is 0 Å². The second-order valence-corrected chi connectivity index (χ2v) is 2.22. The van der Waals surface area contributed by atoms with E-state index < -0.39 is 24.0 Å². The van der Waals surface area contributed by atoms with Crippen LogP contribution < -0.4 is 21.7 Å². The summed E-state index contributed by atoms with van der Waals surface area (Å²) in [7, 11) is 0. The van der Waals surface area contributed by atoms with E-state index in [4.69, 9.17) is 11.5 Å². The molecule has 0 saturated carbocycles. The van der Waals surface area contributed by atoms with Gasteiger partial charge in [-0.15, -0.1) is 0 Å². The van der Waals surface area contributed by atoms with Gasteiger partial charge in [0.25, 0.3) is 0 Å². The molecule has 7 heteroatoms. The number of nitrogens with two attached hydrogens (primary N) is 2. The van der Waals surface area contributed by atoms with Crippen LogP contribution in [0.4, 0.5) is 0 Å². The van der Waals surface area contributed by atoms with Crippen molar-refractivity contribution in [3.05, 3.63) is 0 Å². The van der Waals surface area contributed by atoms with Gasteiger partial charge in [0.1, 0.15) is 0 Å². The van der Waals surface area contributed by atoms with E-state index in [1.54, 1.807) is 0 Å². The summed E-state index contributed by atoms with van der Waals surface area (Å²) in [5.74, 6) is -2.43. The minimum absolute atomic E-state index is 0. The predicted octanol–water partition coefficient (Wildman–Crippen LogP) is -3.84. The zero-order valence-corrected chi connectivity index (χ0v) is 8.25. The molecule has 80 valence electrons. The molecule has 13 heavy (non-hydrogen) atoms. The van der Waals surface area contributed by atoms with E-state index in [0.717, 1.165) is 0 Å². The molecule has 2 atom stereocenters. The van der Waals surface area contributed by atoms with E-state index in [0.29, 0.717) is 0 Å². The third kappa shape index (κ3) is 18.4. The van der Waals surface area contributed by atoms with E-state index >= 15 is 0 Å². The van der Waals surface area contributed by atoms with Crippen molar-refractivity contribution in [1.82, 2.24) is 0 Å². The van der Waals surface area contributed by atoms with E-state index in [1.807, 2.05) is 0 Å². The Balaban J connectivity index is -0.000000143. The molecule has 0 spiro atoms. The van der Waals surface area contributed by atoms with Gasteiger partial charge < -0.3 is 31.3 Å². The summed E-state index contributed by atoms with van der Waals surface area (Å²) in [6.07, 6.45) is 0. The van der Waals surface area contributed by atoms with Crippen LogP contribution in [0.15, 0.2) is 0 Å². The Morgan fingerprint density at radius 2 is 1.08 bits per heavy atom. The summed E-state index contributed by atoms with van der Waals surface area (Å²) < 4.78 is 0. The van der Waals surface area contributed by atoms with Crippen molar-refractivity contribution in [2.24, 2.45) is 11.5 Å². The average Bonchev–Trinajstić information content (AvgIpc) is 1.88. The largest absolute Gasteiger partial charge is 2.00 e. The van der Waals surface area contributed by atoms with Gasteiger partial charge in [-0.25, -0.2) is 0 Å². The Labute approximate surface area is 86.2 Å². The van der Waals surface area contributed by atoms with Crippen LogP contribution in [0.25, 0.3) is 0 Å². The molecule has 6 nitrogen and oxygen atoms in total. The van der Waals surface area contributed by atoms with Crippen molar-refractivity contribution in [3.63, 3.8) is 0 Å². The number of hydrogen-bond acceptors (Lipinski definition) is 6. The van der Waals surface area contributed by atoms with Crippen molar-refractivity contribution < 1.29 is 36.3 Å². The first kappa shape index (κ1) is 18.2. The van der Waals surface area contributed by atoms with E-state index in [1.165, 1.54) is 13.8 Å². The molecule has 0 saturated heterocycles. The van der Waals surface area contributed by atoms with Crippen LogP contribution in [0, 0.1) is 0 Å². The normalized spacial score (nSPS) is 12.6. The molecule has 0 aliphatic carbocycles.